The Kier molecular flexibility index (Phi) is 5.88. The zero-order valence-corrected chi connectivity index (χ0v) is 13.7. The van der Waals surface area contributed by atoms with Crippen molar-refractivity contribution in [1.29, 1.82) is 0 Å². The van der Waals surface area contributed by atoms with Gasteiger partial charge in [-0.15, -0.1) is 0 Å². The maximum atomic E-state index is 6.04. The van der Waals surface area contributed by atoms with E-state index in [0.717, 1.165) is 24.7 Å². The lowest BCUT2D eigenvalue weighted by Crippen LogP contribution is -2.59. The summed E-state index contributed by atoms with van der Waals surface area (Å²) in [5.41, 5.74) is 3.13. The van der Waals surface area contributed by atoms with E-state index in [-0.39, 0.29) is 5.60 Å². The van der Waals surface area contributed by atoms with Gasteiger partial charge in [0.15, 0.2) is 0 Å². The Labute approximate surface area is 125 Å². The Morgan fingerprint density at radius 2 is 1.75 bits per heavy atom. The molecule has 2 aliphatic rings. The molecule has 0 aromatic heterocycles. The van der Waals surface area contributed by atoms with Gasteiger partial charge in [0, 0.05) is 7.11 Å². The van der Waals surface area contributed by atoms with Gasteiger partial charge in [-0.3, -0.25) is 11.3 Å². The van der Waals surface area contributed by atoms with Gasteiger partial charge < -0.3 is 4.74 Å². The Morgan fingerprint density at radius 1 is 1.15 bits per heavy atom. The van der Waals surface area contributed by atoms with Gasteiger partial charge in [-0.2, -0.15) is 0 Å². The third kappa shape index (κ3) is 3.37. The van der Waals surface area contributed by atoms with E-state index in [4.69, 9.17) is 10.6 Å². The van der Waals surface area contributed by atoms with Crippen LogP contribution in [0.3, 0.4) is 0 Å². The van der Waals surface area contributed by atoms with E-state index in [1.54, 1.807) is 0 Å². The van der Waals surface area contributed by atoms with Gasteiger partial charge in [0.05, 0.1) is 11.6 Å². The molecule has 0 aromatic rings. The van der Waals surface area contributed by atoms with Crippen molar-refractivity contribution in [3.05, 3.63) is 0 Å². The van der Waals surface area contributed by atoms with E-state index in [1.165, 1.54) is 44.9 Å². The van der Waals surface area contributed by atoms with E-state index < -0.39 is 0 Å². The number of methoxy groups -OCH3 is 1. The van der Waals surface area contributed by atoms with Crippen LogP contribution in [0.2, 0.25) is 0 Å². The SMILES string of the molecule is CCC1CCC(C(NN)C2(OC)CCC(C)CC2)CC1. The highest BCUT2D eigenvalue weighted by molar-refractivity contribution is 4.99. The minimum Gasteiger partial charge on any atom is -0.377 e. The van der Waals surface area contributed by atoms with Gasteiger partial charge in [-0.25, -0.2) is 0 Å². The number of hydrogen-bond donors (Lipinski definition) is 2. The van der Waals surface area contributed by atoms with Crippen LogP contribution in [0.25, 0.3) is 0 Å². The monoisotopic (exact) mass is 282 g/mol. The molecule has 0 heterocycles. The summed E-state index contributed by atoms with van der Waals surface area (Å²) in [7, 11) is 1.89. The third-order valence-electron chi connectivity index (χ3n) is 6.21. The standard InChI is InChI=1S/C17H34N2O/c1-4-14-5-7-15(8-6-14)16(19-18)17(20-3)11-9-13(2)10-12-17/h13-16,19H,4-12,18H2,1-3H3. The summed E-state index contributed by atoms with van der Waals surface area (Å²) in [4.78, 5) is 0. The molecule has 3 heteroatoms. The van der Waals surface area contributed by atoms with Crippen LogP contribution >= 0.6 is 0 Å². The molecule has 2 rings (SSSR count). The first-order valence-corrected chi connectivity index (χ1v) is 8.66. The van der Waals surface area contributed by atoms with Crippen molar-refractivity contribution in [3.63, 3.8) is 0 Å². The summed E-state index contributed by atoms with van der Waals surface area (Å²) in [6.07, 6.45) is 11.6. The van der Waals surface area contributed by atoms with E-state index in [2.05, 4.69) is 19.3 Å². The van der Waals surface area contributed by atoms with Crippen LogP contribution in [0.1, 0.15) is 71.6 Å². The summed E-state index contributed by atoms with van der Waals surface area (Å²) >= 11 is 0. The lowest BCUT2D eigenvalue weighted by atomic mass is 9.67. The van der Waals surface area contributed by atoms with Crippen molar-refractivity contribution in [1.82, 2.24) is 5.43 Å². The highest BCUT2D eigenvalue weighted by Gasteiger charge is 2.45. The minimum absolute atomic E-state index is 0.0228. The van der Waals surface area contributed by atoms with Gasteiger partial charge >= 0.3 is 0 Å². The van der Waals surface area contributed by atoms with Crippen LogP contribution in [-0.4, -0.2) is 18.8 Å². The summed E-state index contributed by atoms with van der Waals surface area (Å²) in [5, 5.41) is 0. The predicted molar refractivity (Wildman–Crippen MR) is 84.2 cm³/mol. The number of rotatable bonds is 5. The van der Waals surface area contributed by atoms with Crippen molar-refractivity contribution in [2.75, 3.05) is 7.11 Å². The fraction of sp³-hybridized carbons (Fsp3) is 1.00. The average molecular weight is 282 g/mol. The lowest BCUT2D eigenvalue weighted by Gasteiger charge is -2.48. The minimum atomic E-state index is -0.0228. The molecule has 3 N–H and O–H groups in total. The molecule has 1 atom stereocenters. The van der Waals surface area contributed by atoms with Crippen LogP contribution in [0.4, 0.5) is 0 Å². The van der Waals surface area contributed by atoms with Crippen LogP contribution in [-0.2, 0) is 4.74 Å². The predicted octanol–water partition coefficient (Wildman–Crippen LogP) is 3.63. The first-order valence-electron chi connectivity index (χ1n) is 8.66. The second kappa shape index (κ2) is 7.24. The molecule has 2 saturated carbocycles. The molecule has 0 spiro atoms. The Balaban J connectivity index is 2.02. The lowest BCUT2D eigenvalue weighted by molar-refractivity contribution is -0.0930. The van der Waals surface area contributed by atoms with Gasteiger partial charge in [0.1, 0.15) is 0 Å². The molecule has 118 valence electrons. The molecule has 1 unspecified atom stereocenters. The number of ether oxygens (including phenoxy) is 1. The van der Waals surface area contributed by atoms with Crippen molar-refractivity contribution in [2.45, 2.75) is 83.3 Å². The number of hydrazine groups is 1. The average Bonchev–Trinajstić information content (AvgIpc) is 2.51. The van der Waals surface area contributed by atoms with Gasteiger partial charge in [-0.1, -0.05) is 33.1 Å². The fourth-order valence-electron chi connectivity index (χ4n) is 4.54. The topological polar surface area (TPSA) is 47.3 Å². The molecule has 2 aliphatic carbocycles. The second-order valence-electron chi connectivity index (χ2n) is 7.28. The maximum absolute atomic E-state index is 6.04. The Hall–Kier alpha value is -0.120. The van der Waals surface area contributed by atoms with E-state index in [0.29, 0.717) is 12.0 Å². The highest BCUT2D eigenvalue weighted by Crippen LogP contribution is 2.43. The van der Waals surface area contributed by atoms with Crippen molar-refractivity contribution in [2.24, 2.45) is 23.6 Å². The number of nitrogens with two attached hydrogens (primary N) is 1. The van der Waals surface area contributed by atoms with E-state index >= 15 is 0 Å². The molecule has 0 amide bonds. The molecule has 20 heavy (non-hydrogen) atoms. The quantitative estimate of drug-likeness (QED) is 0.598. The molecule has 2 fully saturated rings. The maximum Gasteiger partial charge on any atom is 0.0847 e. The van der Waals surface area contributed by atoms with Crippen molar-refractivity contribution < 1.29 is 4.74 Å². The molecular formula is C17H34N2O. The zero-order valence-electron chi connectivity index (χ0n) is 13.7. The van der Waals surface area contributed by atoms with Crippen molar-refractivity contribution >= 4 is 0 Å². The van der Waals surface area contributed by atoms with Crippen LogP contribution in [0.15, 0.2) is 0 Å². The van der Waals surface area contributed by atoms with Crippen molar-refractivity contribution in [3.8, 4) is 0 Å². The van der Waals surface area contributed by atoms with Crippen LogP contribution in [0, 0.1) is 17.8 Å². The largest absolute Gasteiger partial charge is 0.377 e. The first kappa shape index (κ1) is 16.3. The van der Waals surface area contributed by atoms with Crippen LogP contribution < -0.4 is 11.3 Å². The van der Waals surface area contributed by atoms with Gasteiger partial charge in [0.2, 0.25) is 0 Å². The summed E-state index contributed by atoms with van der Waals surface area (Å²) < 4.78 is 6.04. The molecule has 0 aliphatic heterocycles. The molecule has 3 nitrogen and oxygen atoms in total. The third-order valence-corrected chi connectivity index (χ3v) is 6.21. The molecule has 0 aromatic carbocycles. The van der Waals surface area contributed by atoms with Gasteiger partial charge in [-0.05, 0) is 56.3 Å². The zero-order chi connectivity index (χ0) is 14.6. The molecule has 0 radical (unpaired) electrons. The Bertz CT molecular complexity index is 279. The molecule has 0 bridgehead atoms. The van der Waals surface area contributed by atoms with Crippen LogP contribution in [0.5, 0.6) is 0 Å². The molecular weight excluding hydrogens is 248 g/mol. The highest BCUT2D eigenvalue weighted by atomic mass is 16.5. The number of nitrogens with one attached hydrogen (secondary N) is 1. The smallest absolute Gasteiger partial charge is 0.0847 e. The van der Waals surface area contributed by atoms with E-state index in [1.807, 2.05) is 7.11 Å². The summed E-state index contributed by atoms with van der Waals surface area (Å²) in [6, 6.07) is 0.331. The normalized spacial score (nSPS) is 40.5. The molecule has 0 saturated heterocycles. The summed E-state index contributed by atoms with van der Waals surface area (Å²) in [6.45, 7) is 4.68. The van der Waals surface area contributed by atoms with Gasteiger partial charge in [0.25, 0.3) is 0 Å². The Morgan fingerprint density at radius 3 is 2.20 bits per heavy atom. The van der Waals surface area contributed by atoms with E-state index in [9.17, 15) is 0 Å². The second-order valence-corrected chi connectivity index (χ2v) is 7.28. The fourth-order valence-corrected chi connectivity index (χ4v) is 4.54. The first-order chi connectivity index (χ1) is 9.65. The summed E-state index contributed by atoms with van der Waals surface area (Å²) in [5.74, 6) is 8.44. The number of hydrogen-bond acceptors (Lipinski definition) is 3.